The lowest BCUT2D eigenvalue weighted by molar-refractivity contribution is -0.134. The standard InChI is InChI=1S/C28H31N5O3/c1-18-17-32(12-13-33(18)25(34)10-14-35-2)27-20(16-29)15-24(26(31-27)19-7-8-19)21-5-4-6-23-22(21)9-11-30-28(23)36-3/h4-6,9,11,15,18-19H,7-8,10,12-14,17H2,1-3H3. The van der Waals surface area contributed by atoms with E-state index in [1.54, 1.807) is 20.4 Å². The van der Waals surface area contributed by atoms with Crippen LogP contribution in [0, 0.1) is 11.3 Å². The van der Waals surface area contributed by atoms with Gasteiger partial charge in [-0.3, -0.25) is 4.79 Å². The van der Waals surface area contributed by atoms with Crippen molar-refractivity contribution in [2.45, 2.75) is 38.1 Å². The highest BCUT2D eigenvalue weighted by molar-refractivity contribution is 5.99. The number of carbonyl (C=O) groups is 1. The van der Waals surface area contributed by atoms with Crippen LogP contribution in [0.4, 0.5) is 5.82 Å². The lowest BCUT2D eigenvalue weighted by atomic mass is 9.95. The van der Waals surface area contributed by atoms with Crippen molar-refractivity contribution in [1.82, 2.24) is 14.9 Å². The van der Waals surface area contributed by atoms with Gasteiger partial charge in [0.05, 0.1) is 31.4 Å². The molecular formula is C28H31N5O3. The molecule has 0 radical (unpaired) electrons. The lowest BCUT2D eigenvalue weighted by Gasteiger charge is -2.41. The maximum absolute atomic E-state index is 12.6. The van der Waals surface area contributed by atoms with Crippen LogP contribution < -0.4 is 9.64 Å². The molecule has 36 heavy (non-hydrogen) atoms. The Morgan fingerprint density at radius 2 is 2.00 bits per heavy atom. The van der Waals surface area contributed by atoms with Crippen LogP contribution >= 0.6 is 0 Å². The maximum atomic E-state index is 12.6. The third-order valence-corrected chi connectivity index (χ3v) is 7.14. The van der Waals surface area contributed by atoms with Crippen LogP contribution in [-0.2, 0) is 9.53 Å². The van der Waals surface area contributed by atoms with Gasteiger partial charge in [-0.25, -0.2) is 9.97 Å². The number of fused-ring (bicyclic) bond motifs is 1. The van der Waals surface area contributed by atoms with Gasteiger partial charge in [0, 0.05) is 55.9 Å². The van der Waals surface area contributed by atoms with E-state index in [9.17, 15) is 10.1 Å². The number of amides is 1. The summed E-state index contributed by atoms with van der Waals surface area (Å²) in [5.74, 6) is 1.80. The van der Waals surface area contributed by atoms with Crippen molar-refractivity contribution in [3.8, 4) is 23.1 Å². The van der Waals surface area contributed by atoms with E-state index in [0.717, 1.165) is 46.3 Å². The Labute approximate surface area is 211 Å². The fourth-order valence-corrected chi connectivity index (χ4v) is 5.16. The van der Waals surface area contributed by atoms with E-state index in [0.29, 0.717) is 50.0 Å². The number of rotatable bonds is 7. The number of methoxy groups -OCH3 is 2. The van der Waals surface area contributed by atoms with Crippen LogP contribution in [0.2, 0.25) is 0 Å². The van der Waals surface area contributed by atoms with E-state index >= 15 is 0 Å². The molecule has 2 aliphatic rings. The van der Waals surface area contributed by atoms with Gasteiger partial charge in [0.2, 0.25) is 11.8 Å². The topological polar surface area (TPSA) is 91.6 Å². The molecule has 5 rings (SSSR count). The summed E-state index contributed by atoms with van der Waals surface area (Å²) in [4.78, 5) is 26.2. The third-order valence-electron chi connectivity index (χ3n) is 7.14. The monoisotopic (exact) mass is 485 g/mol. The van der Waals surface area contributed by atoms with Gasteiger partial charge in [-0.15, -0.1) is 0 Å². The Balaban J connectivity index is 1.52. The van der Waals surface area contributed by atoms with Crippen molar-refractivity contribution < 1.29 is 14.3 Å². The first-order valence-electron chi connectivity index (χ1n) is 12.5. The zero-order valence-electron chi connectivity index (χ0n) is 21.0. The molecule has 186 valence electrons. The molecule has 1 amide bonds. The van der Waals surface area contributed by atoms with Crippen LogP contribution in [-0.4, -0.2) is 67.3 Å². The molecule has 8 nitrogen and oxygen atoms in total. The van der Waals surface area contributed by atoms with E-state index in [1.807, 2.05) is 29.2 Å². The van der Waals surface area contributed by atoms with Crippen LogP contribution in [0.5, 0.6) is 5.88 Å². The van der Waals surface area contributed by atoms with E-state index in [1.165, 1.54) is 0 Å². The summed E-state index contributed by atoms with van der Waals surface area (Å²) in [6.45, 7) is 4.37. The summed E-state index contributed by atoms with van der Waals surface area (Å²) in [6.07, 6.45) is 4.33. The zero-order chi connectivity index (χ0) is 25.2. The molecular weight excluding hydrogens is 454 g/mol. The van der Waals surface area contributed by atoms with Crippen molar-refractivity contribution in [3.63, 3.8) is 0 Å². The van der Waals surface area contributed by atoms with E-state index in [4.69, 9.17) is 14.5 Å². The fourth-order valence-electron chi connectivity index (χ4n) is 5.16. The molecule has 0 N–H and O–H groups in total. The minimum atomic E-state index is 0.0264. The third kappa shape index (κ3) is 4.47. The maximum Gasteiger partial charge on any atom is 0.225 e. The Morgan fingerprint density at radius 3 is 2.69 bits per heavy atom. The number of hydrogen-bond donors (Lipinski definition) is 0. The predicted octanol–water partition coefficient (Wildman–Crippen LogP) is 4.13. The van der Waals surface area contributed by atoms with Crippen molar-refractivity contribution >= 4 is 22.5 Å². The number of aromatic nitrogens is 2. The van der Waals surface area contributed by atoms with E-state index < -0.39 is 0 Å². The highest BCUT2D eigenvalue weighted by atomic mass is 16.5. The fraction of sp³-hybridized carbons (Fsp3) is 0.429. The normalized spacial score (nSPS) is 17.8. The number of ether oxygens (including phenoxy) is 2. The van der Waals surface area contributed by atoms with Crippen LogP contribution in [0.15, 0.2) is 36.5 Å². The quantitative estimate of drug-likeness (QED) is 0.497. The summed E-state index contributed by atoms with van der Waals surface area (Å²) < 4.78 is 10.6. The number of hydrogen-bond acceptors (Lipinski definition) is 7. The van der Waals surface area contributed by atoms with E-state index in [-0.39, 0.29) is 11.9 Å². The SMILES string of the molecule is COCCC(=O)N1CCN(c2nc(C3CC3)c(-c3cccc4c(OC)nccc34)cc2C#N)CC1C. The summed E-state index contributed by atoms with van der Waals surface area (Å²) in [5.41, 5.74) is 3.63. The first kappa shape index (κ1) is 24.0. The molecule has 1 aliphatic carbocycles. The van der Waals surface area contributed by atoms with Gasteiger partial charge in [-0.2, -0.15) is 5.26 Å². The molecule has 1 saturated carbocycles. The molecule has 3 heterocycles. The van der Waals surface area contributed by atoms with Crippen LogP contribution in [0.3, 0.4) is 0 Å². The van der Waals surface area contributed by atoms with Gasteiger partial charge >= 0.3 is 0 Å². The average Bonchev–Trinajstić information content (AvgIpc) is 3.75. The minimum Gasteiger partial charge on any atom is -0.481 e. The van der Waals surface area contributed by atoms with Crippen molar-refractivity contribution in [1.29, 1.82) is 5.26 Å². The van der Waals surface area contributed by atoms with E-state index in [2.05, 4.69) is 28.9 Å². The van der Waals surface area contributed by atoms with Crippen molar-refractivity contribution in [2.75, 3.05) is 45.4 Å². The summed E-state index contributed by atoms with van der Waals surface area (Å²) in [6, 6.07) is 12.5. The van der Waals surface area contributed by atoms with Gasteiger partial charge in [0.25, 0.3) is 0 Å². The lowest BCUT2D eigenvalue weighted by Crippen LogP contribution is -2.54. The van der Waals surface area contributed by atoms with Gasteiger partial charge in [0.15, 0.2) is 0 Å². The molecule has 1 atom stereocenters. The molecule has 1 saturated heterocycles. The predicted molar refractivity (Wildman–Crippen MR) is 138 cm³/mol. The number of pyridine rings is 2. The number of anilines is 1. The average molecular weight is 486 g/mol. The Kier molecular flexibility index (Phi) is 6.75. The molecule has 1 unspecified atom stereocenters. The summed E-state index contributed by atoms with van der Waals surface area (Å²) in [7, 11) is 3.23. The van der Waals surface area contributed by atoms with Gasteiger partial charge in [0.1, 0.15) is 11.9 Å². The highest BCUT2D eigenvalue weighted by Gasteiger charge is 2.33. The Hall–Kier alpha value is -3.70. The molecule has 1 aliphatic heterocycles. The summed E-state index contributed by atoms with van der Waals surface area (Å²) >= 11 is 0. The van der Waals surface area contributed by atoms with Gasteiger partial charge in [-0.1, -0.05) is 12.1 Å². The van der Waals surface area contributed by atoms with Crippen LogP contribution in [0.25, 0.3) is 21.9 Å². The molecule has 0 bridgehead atoms. The second-order valence-electron chi connectivity index (χ2n) is 9.52. The molecule has 2 fully saturated rings. The molecule has 2 aromatic heterocycles. The van der Waals surface area contributed by atoms with Crippen molar-refractivity contribution in [2.24, 2.45) is 0 Å². The number of piperazine rings is 1. The van der Waals surface area contributed by atoms with Gasteiger partial charge < -0.3 is 19.3 Å². The van der Waals surface area contributed by atoms with Crippen molar-refractivity contribution in [3.05, 3.63) is 47.8 Å². The smallest absolute Gasteiger partial charge is 0.225 e. The molecule has 0 spiro atoms. The number of carbonyl (C=O) groups excluding carboxylic acids is 1. The second kappa shape index (κ2) is 10.1. The number of benzene rings is 1. The second-order valence-corrected chi connectivity index (χ2v) is 9.52. The highest BCUT2D eigenvalue weighted by Crippen LogP contribution is 2.46. The molecule has 3 aromatic rings. The Morgan fingerprint density at radius 1 is 1.17 bits per heavy atom. The molecule has 1 aromatic carbocycles. The zero-order valence-corrected chi connectivity index (χ0v) is 21.0. The molecule has 8 heteroatoms. The minimum absolute atomic E-state index is 0.0264. The summed E-state index contributed by atoms with van der Waals surface area (Å²) in [5, 5.41) is 12.1. The number of nitriles is 1. The van der Waals surface area contributed by atoms with Crippen LogP contribution in [0.1, 0.15) is 43.4 Å². The van der Waals surface area contributed by atoms with Gasteiger partial charge in [-0.05, 0) is 48.9 Å². The largest absolute Gasteiger partial charge is 0.481 e. The first-order chi connectivity index (χ1) is 17.5. The Bertz CT molecular complexity index is 1330. The number of nitrogens with zero attached hydrogens (tertiary/aromatic N) is 5. The first-order valence-corrected chi connectivity index (χ1v) is 12.5.